The van der Waals surface area contributed by atoms with Crippen LogP contribution in [0, 0.1) is 19.8 Å². The maximum atomic E-state index is 12.2. The van der Waals surface area contributed by atoms with E-state index in [9.17, 15) is 4.79 Å². The first-order valence-electron chi connectivity index (χ1n) is 9.70. The van der Waals surface area contributed by atoms with E-state index < -0.39 is 6.09 Å². The molecule has 1 amide bonds. The molecule has 0 spiro atoms. The van der Waals surface area contributed by atoms with Gasteiger partial charge in [0.2, 0.25) is 0 Å². The van der Waals surface area contributed by atoms with Gasteiger partial charge in [-0.15, -0.1) is 0 Å². The molecule has 146 valence electrons. The SMILES string of the molecule is Cc1cc(OC(=O)NC2CCC(C(c3ccccc3)N(C)C)CC2)c(C)o1. The van der Waals surface area contributed by atoms with Gasteiger partial charge in [-0.2, -0.15) is 0 Å². The van der Waals surface area contributed by atoms with Gasteiger partial charge in [0, 0.05) is 18.2 Å². The van der Waals surface area contributed by atoms with Gasteiger partial charge in [0.25, 0.3) is 0 Å². The fraction of sp³-hybridized carbons (Fsp3) is 0.500. The van der Waals surface area contributed by atoms with Gasteiger partial charge in [-0.1, -0.05) is 30.3 Å². The number of hydrogen-bond acceptors (Lipinski definition) is 4. The second-order valence-corrected chi connectivity index (χ2v) is 7.74. The number of hydrogen-bond donors (Lipinski definition) is 1. The number of carbonyl (C=O) groups is 1. The number of aryl methyl sites for hydroxylation is 2. The van der Waals surface area contributed by atoms with Crippen LogP contribution >= 0.6 is 0 Å². The molecule has 1 fully saturated rings. The maximum absolute atomic E-state index is 12.2. The molecule has 1 aliphatic carbocycles. The fourth-order valence-electron chi connectivity index (χ4n) is 4.23. The van der Waals surface area contributed by atoms with Crippen LogP contribution in [0.25, 0.3) is 0 Å². The third-order valence-corrected chi connectivity index (χ3v) is 5.44. The van der Waals surface area contributed by atoms with Gasteiger partial charge < -0.3 is 19.4 Å². The minimum Gasteiger partial charge on any atom is -0.463 e. The molecule has 1 atom stereocenters. The fourth-order valence-corrected chi connectivity index (χ4v) is 4.23. The number of nitrogens with one attached hydrogen (secondary N) is 1. The summed E-state index contributed by atoms with van der Waals surface area (Å²) < 4.78 is 10.8. The molecular weight excluding hydrogens is 340 g/mol. The van der Waals surface area contributed by atoms with Gasteiger partial charge in [-0.05, 0) is 65.1 Å². The van der Waals surface area contributed by atoms with Crippen LogP contribution in [-0.4, -0.2) is 31.1 Å². The smallest absolute Gasteiger partial charge is 0.412 e. The standard InChI is InChI=1S/C22H30N2O3/c1-15-14-20(16(2)26-15)27-22(25)23-19-12-10-18(11-13-19)21(24(3)4)17-8-6-5-7-9-17/h5-9,14,18-19,21H,10-13H2,1-4H3,(H,23,25). The first kappa shape index (κ1) is 19.5. The Morgan fingerprint density at radius 1 is 1.15 bits per heavy atom. The summed E-state index contributed by atoms with van der Waals surface area (Å²) in [6.07, 6.45) is 3.73. The van der Waals surface area contributed by atoms with E-state index in [1.165, 1.54) is 5.56 Å². The van der Waals surface area contributed by atoms with Crippen LogP contribution in [0.2, 0.25) is 0 Å². The topological polar surface area (TPSA) is 54.7 Å². The monoisotopic (exact) mass is 370 g/mol. The van der Waals surface area contributed by atoms with E-state index in [1.54, 1.807) is 13.0 Å². The molecule has 1 aromatic carbocycles. The number of furan rings is 1. The van der Waals surface area contributed by atoms with E-state index in [4.69, 9.17) is 9.15 Å². The van der Waals surface area contributed by atoms with Crippen molar-refractivity contribution in [3.05, 3.63) is 53.5 Å². The van der Waals surface area contributed by atoms with Crippen molar-refractivity contribution in [2.75, 3.05) is 14.1 Å². The summed E-state index contributed by atoms with van der Waals surface area (Å²) in [5.41, 5.74) is 1.36. The molecule has 0 radical (unpaired) electrons. The molecule has 27 heavy (non-hydrogen) atoms. The van der Waals surface area contributed by atoms with Gasteiger partial charge in [-0.25, -0.2) is 4.79 Å². The van der Waals surface area contributed by atoms with Crippen molar-refractivity contribution in [1.29, 1.82) is 0 Å². The summed E-state index contributed by atoms with van der Waals surface area (Å²) in [6.45, 7) is 3.64. The minimum atomic E-state index is -0.394. The highest BCUT2D eigenvalue weighted by molar-refractivity contribution is 5.71. The zero-order valence-corrected chi connectivity index (χ0v) is 16.7. The van der Waals surface area contributed by atoms with Crippen LogP contribution in [0.3, 0.4) is 0 Å². The van der Waals surface area contributed by atoms with Gasteiger partial charge in [-0.3, -0.25) is 0 Å². The molecule has 0 bridgehead atoms. The minimum absolute atomic E-state index is 0.167. The number of carbonyl (C=O) groups excluding carboxylic acids is 1. The van der Waals surface area contributed by atoms with Crippen molar-refractivity contribution in [2.24, 2.45) is 5.92 Å². The van der Waals surface area contributed by atoms with Crippen LogP contribution in [0.4, 0.5) is 4.79 Å². The quantitative estimate of drug-likeness (QED) is 0.818. The summed E-state index contributed by atoms with van der Waals surface area (Å²) in [5, 5.41) is 3.02. The van der Waals surface area contributed by atoms with Crippen molar-refractivity contribution < 1.29 is 13.9 Å². The average molecular weight is 370 g/mol. The molecule has 1 aliphatic rings. The lowest BCUT2D eigenvalue weighted by atomic mass is 9.79. The molecule has 1 aromatic heterocycles. The van der Waals surface area contributed by atoms with Crippen molar-refractivity contribution in [1.82, 2.24) is 10.2 Å². The summed E-state index contributed by atoms with van der Waals surface area (Å²) >= 11 is 0. The molecule has 0 saturated heterocycles. The molecule has 5 nitrogen and oxygen atoms in total. The van der Waals surface area contributed by atoms with Crippen molar-refractivity contribution in [3.63, 3.8) is 0 Å². The second-order valence-electron chi connectivity index (χ2n) is 7.74. The lowest BCUT2D eigenvalue weighted by molar-refractivity contribution is 0.151. The molecule has 0 aliphatic heterocycles. The Bertz CT molecular complexity index is 746. The Kier molecular flexibility index (Phi) is 6.22. The normalized spacial score (nSPS) is 21.1. The Morgan fingerprint density at radius 3 is 2.37 bits per heavy atom. The Hall–Kier alpha value is -2.27. The van der Waals surface area contributed by atoms with Crippen molar-refractivity contribution in [3.8, 4) is 5.75 Å². The Labute approximate surface area is 161 Å². The molecule has 3 rings (SSSR count). The molecule has 1 N–H and O–H groups in total. The molecule has 1 saturated carbocycles. The predicted octanol–water partition coefficient (Wildman–Crippen LogP) is 4.85. The number of rotatable bonds is 5. The number of nitrogens with zero attached hydrogens (tertiary/aromatic N) is 1. The molecule has 2 aromatic rings. The van der Waals surface area contributed by atoms with Gasteiger partial charge >= 0.3 is 6.09 Å². The highest BCUT2D eigenvalue weighted by Crippen LogP contribution is 2.37. The zero-order valence-electron chi connectivity index (χ0n) is 16.7. The van der Waals surface area contributed by atoms with Crippen LogP contribution in [0.5, 0.6) is 5.75 Å². The summed E-state index contributed by atoms with van der Waals surface area (Å²) in [7, 11) is 4.29. The summed E-state index contributed by atoms with van der Waals surface area (Å²) in [4.78, 5) is 14.5. The summed E-state index contributed by atoms with van der Waals surface area (Å²) in [5.74, 6) is 2.46. The van der Waals surface area contributed by atoms with Crippen LogP contribution in [0.1, 0.15) is 48.8 Å². The van der Waals surface area contributed by atoms with Crippen LogP contribution in [-0.2, 0) is 0 Å². The second kappa shape index (κ2) is 8.61. The van der Waals surface area contributed by atoms with Crippen LogP contribution < -0.4 is 10.1 Å². The first-order chi connectivity index (χ1) is 12.9. The van der Waals surface area contributed by atoms with E-state index >= 15 is 0 Å². The Morgan fingerprint density at radius 2 is 1.81 bits per heavy atom. The van der Waals surface area contributed by atoms with E-state index in [-0.39, 0.29) is 6.04 Å². The van der Waals surface area contributed by atoms with Gasteiger partial charge in [0.15, 0.2) is 5.75 Å². The third kappa shape index (κ3) is 4.92. The molecular formula is C22H30N2O3. The largest absolute Gasteiger partial charge is 0.463 e. The summed E-state index contributed by atoms with van der Waals surface area (Å²) in [6, 6.07) is 13.0. The zero-order chi connectivity index (χ0) is 19.4. The Balaban J connectivity index is 1.53. The predicted molar refractivity (Wildman–Crippen MR) is 106 cm³/mol. The lowest BCUT2D eigenvalue weighted by Crippen LogP contribution is -2.41. The van der Waals surface area contributed by atoms with E-state index in [1.807, 2.05) is 6.92 Å². The van der Waals surface area contributed by atoms with Gasteiger partial charge in [0.05, 0.1) is 0 Å². The molecule has 1 heterocycles. The highest BCUT2D eigenvalue weighted by Gasteiger charge is 2.30. The number of amides is 1. The van der Waals surface area contributed by atoms with Crippen molar-refractivity contribution in [2.45, 2.75) is 51.6 Å². The average Bonchev–Trinajstić information content (AvgIpc) is 2.94. The third-order valence-electron chi connectivity index (χ3n) is 5.44. The first-order valence-corrected chi connectivity index (χ1v) is 9.70. The van der Waals surface area contributed by atoms with Crippen LogP contribution in [0.15, 0.2) is 40.8 Å². The van der Waals surface area contributed by atoms with Crippen molar-refractivity contribution >= 4 is 6.09 Å². The molecule has 5 heteroatoms. The number of ether oxygens (including phenoxy) is 1. The van der Waals surface area contributed by atoms with E-state index in [0.29, 0.717) is 23.5 Å². The van der Waals surface area contributed by atoms with Gasteiger partial charge in [0.1, 0.15) is 11.5 Å². The maximum Gasteiger partial charge on any atom is 0.412 e. The van der Waals surface area contributed by atoms with E-state index in [2.05, 4.69) is 54.6 Å². The molecule has 1 unspecified atom stereocenters. The highest BCUT2D eigenvalue weighted by atomic mass is 16.6. The lowest BCUT2D eigenvalue weighted by Gasteiger charge is -2.37. The van der Waals surface area contributed by atoms with E-state index in [0.717, 1.165) is 31.4 Å². The number of benzene rings is 1.